The molecule has 22 heavy (non-hydrogen) atoms. The lowest BCUT2D eigenvalue weighted by Crippen LogP contribution is -2.19. The summed E-state index contributed by atoms with van der Waals surface area (Å²) in [5, 5.41) is 0.867. The average molecular weight is 400 g/mol. The molecule has 1 aromatic carbocycles. The van der Waals surface area contributed by atoms with E-state index in [4.69, 9.17) is 28.9 Å². The molecule has 1 amide bonds. The Balaban J connectivity index is 2.30. The van der Waals surface area contributed by atoms with Crippen molar-refractivity contribution in [3.05, 3.63) is 45.1 Å². The van der Waals surface area contributed by atoms with E-state index in [-0.39, 0.29) is 11.7 Å². The number of fused-ring (bicyclic) bond motifs is 1. The molecule has 3 rings (SSSR count). The van der Waals surface area contributed by atoms with E-state index in [1.165, 1.54) is 0 Å². The van der Waals surface area contributed by atoms with Crippen LogP contribution in [0.25, 0.3) is 22.4 Å². The second-order valence-corrected chi connectivity index (χ2v) is 6.21. The molecule has 0 aliphatic carbocycles. The van der Waals surface area contributed by atoms with Gasteiger partial charge in [-0.25, -0.2) is 9.97 Å². The van der Waals surface area contributed by atoms with Gasteiger partial charge in [-0.1, -0.05) is 23.2 Å². The highest BCUT2D eigenvalue weighted by Gasteiger charge is 2.17. The van der Waals surface area contributed by atoms with Gasteiger partial charge in [0.2, 0.25) is 5.91 Å². The smallest absolute Gasteiger partial charge is 0.237 e. The maximum Gasteiger partial charge on any atom is 0.237 e. The molecule has 2 heterocycles. The first-order valence-corrected chi connectivity index (χ1v) is 7.77. The topological polar surface area (TPSA) is 73.8 Å². The van der Waals surface area contributed by atoms with Gasteiger partial charge < -0.3 is 10.3 Å². The Hall–Kier alpha value is -1.63. The van der Waals surface area contributed by atoms with Gasteiger partial charge in [-0.05, 0) is 46.3 Å². The Morgan fingerprint density at radius 1 is 1.23 bits per heavy atom. The normalized spacial score (nSPS) is 11.0. The molecule has 0 aliphatic rings. The summed E-state index contributed by atoms with van der Waals surface area (Å²) in [6, 6.07) is 8.88. The minimum Gasteiger partial charge on any atom is -0.368 e. The van der Waals surface area contributed by atoms with E-state index in [0.29, 0.717) is 26.5 Å². The van der Waals surface area contributed by atoms with Gasteiger partial charge in [0, 0.05) is 10.6 Å². The van der Waals surface area contributed by atoms with E-state index in [1.54, 1.807) is 22.8 Å². The molecule has 2 aromatic heterocycles. The number of nitrogens with two attached hydrogens (primary N) is 1. The van der Waals surface area contributed by atoms with Crippen LogP contribution in [-0.2, 0) is 11.3 Å². The van der Waals surface area contributed by atoms with Crippen molar-refractivity contribution in [1.82, 2.24) is 14.5 Å². The summed E-state index contributed by atoms with van der Waals surface area (Å²) >= 11 is 15.3. The number of rotatable bonds is 3. The van der Waals surface area contributed by atoms with Crippen LogP contribution in [-0.4, -0.2) is 20.4 Å². The summed E-state index contributed by atoms with van der Waals surface area (Å²) in [6.45, 7) is -0.0127. The molecule has 112 valence electrons. The molecule has 0 fully saturated rings. The van der Waals surface area contributed by atoms with Crippen molar-refractivity contribution in [1.29, 1.82) is 0 Å². The molecule has 0 radical (unpaired) electrons. The Morgan fingerprint density at radius 2 is 1.91 bits per heavy atom. The van der Waals surface area contributed by atoms with Crippen molar-refractivity contribution in [2.75, 3.05) is 0 Å². The molecule has 0 saturated heterocycles. The number of benzene rings is 1. The van der Waals surface area contributed by atoms with Crippen LogP contribution in [0, 0.1) is 0 Å². The summed E-state index contributed by atoms with van der Waals surface area (Å²) in [6.07, 6.45) is 0. The van der Waals surface area contributed by atoms with E-state index in [2.05, 4.69) is 25.9 Å². The predicted octanol–water partition coefficient (Wildman–Crippen LogP) is 3.65. The number of hydrogen-bond acceptors (Lipinski definition) is 3. The van der Waals surface area contributed by atoms with Crippen LogP contribution in [0.3, 0.4) is 0 Å². The Bertz CT molecular complexity index is 877. The van der Waals surface area contributed by atoms with Crippen molar-refractivity contribution in [3.63, 3.8) is 0 Å². The SMILES string of the molecule is NC(=O)Cn1c(-c2ccc(Cl)cc2)nc2c(Cl)nc(Br)cc21. The van der Waals surface area contributed by atoms with E-state index in [0.717, 1.165) is 5.56 Å². The van der Waals surface area contributed by atoms with E-state index < -0.39 is 5.91 Å². The molecule has 2 N–H and O–H groups in total. The number of amides is 1. The number of primary amides is 1. The number of aromatic nitrogens is 3. The fraction of sp³-hybridized carbons (Fsp3) is 0.0714. The fourth-order valence-electron chi connectivity index (χ4n) is 2.19. The summed E-state index contributed by atoms with van der Waals surface area (Å²) < 4.78 is 2.26. The second kappa shape index (κ2) is 5.87. The van der Waals surface area contributed by atoms with Crippen molar-refractivity contribution in [2.24, 2.45) is 5.73 Å². The lowest BCUT2D eigenvalue weighted by molar-refractivity contribution is -0.118. The van der Waals surface area contributed by atoms with Gasteiger partial charge in [0.15, 0.2) is 5.15 Å². The van der Waals surface area contributed by atoms with E-state index in [9.17, 15) is 4.79 Å². The molecule has 0 bridgehead atoms. The molecular weight excluding hydrogens is 391 g/mol. The molecule has 5 nitrogen and oxygen atoms in total. The average Bonchev–Trinajstić information content (AvgIpc) is 2.78. The first-order valence-electron chi connectivity index (χ1n) is 6.22. The highest BCUT2D eigenvalue weighted by Crippen LogP contribution is 2.30. The number of carbonyl (C=O) groups is 1. The maximum absolute atomic E-state index is 11.4. The van der Waals surface area contributed by atoms with Crippen molar-refractivity contribution in [3.8, 4) is 11.4 Å². The molecule has 0 aliphatic heterocycles. The van der Waals surface area contributed by atoms with Gasteiger partial charge in [-0.15, -0.1) is 0 Å². The number of carbonyl (C=O) groups excluding carboxylic acids is 1. The number of hydrogen-bond donors (Lipinski definition) is 1. The number of nitrogens with zero attached hydrogens (tertiary/aromatic N) is 3. The summed E-state index contributed by atoms with van der Waals surface area (Å²) in [5.74, 6) is 0.103. The van der Waals surface area contributed by atoms with Crippen molar-refractivity contribution >= 4 is 56.1 Å². The highest BCUT2D eigenvalue weighted by atomic mass is 79.9. The van der Waals surface area contributed by atoms with Gasteiger partial charge in [0.1, 0.15) is 22.5 Å². The van der Waals surface area contributed by atoms with Crippen LogP contribution in [0.5, 0.6) is 0 Å². The van der Waals surface area contributed by atoms with Crippen LogP contribution in [0.2, 0.25) is 10.2 Å². The van der Waals surface area contributed by atoms with Crippen LogP contribution < -0.4 is 5.73 Å². The maximum atomic E-state index is 11.4. The molecule has 0 spiro atoms. The quantitative estimate of drug-likeness (QED) is 0.683. The summed E-state index contributed by atoms with van der Waals surface area (Å²) in [4.78, 5) is 20.0. The molecule has 3 aromatic rings. The van der Waals surface area contributed by atoms with Gasteiger partial charge in [0.05, 0.1) is 5.52 Å². The van der Waals surface area contributed by atoms with Crippen LogP contribution in [0.15, 0.2) is 34.9 Å². The standard InChI is InChI=1S/C14H9BrCl2N4O/c15-10-5-9-12(13(17)19-10)20-14(21(9)6-11(18)22)7-1-3-8(16)4-2-7/h1-5H,6H2,(H2,18,22). The zero-order valence-corrected chi connectivity index (χ0v) is 14.2. The number of halogens is 3. The highest BCUT2D eigenvalue weighted by molar-refractivity contribution is 9.10. The fourth-order valence-corrected chi connectivity index (χ4v) is 3.04. The van der Waals surface area contributed by atoms with E-state index in [1.807, 2.05) is 12.1 Å². The Kier molecular flexibility index (Phi) is 4.08. The monoisotopic (exact) mass is 398 g/mol. The third-order valence-corrected chi connectivity index (χ3v) is 4.00. The van der Waals surface area contributed by atoms with Gasteiger partial charge >= 0.3 is 0 Å². The third-order valence-electron chi connectivity index (χ3n) is 3.08. The second-order valence-electron chi connectivity index (χ2n) is 4.60. The zero-order valence-electron chi connectivity index (χ0n) is 11.1. The van der Waals surface area contributed by atoms with Crippen LogP contribution in [0.4, 0.5) is 0 Å². The lowest BCUT2D eigenvalue weighted by Gasteiger charge is -2.07. The Morgan fingerprint density at radius 3 is 2.55 bits per heavy atom. The zero-order chi connectivity index (χ0) is 15.9. The van der Waals surface area contributed by atoms with Crippen molar-refractivity contribution < 1.29 is 4.79 Å². The van der Waals surface area contributed by atoms with E-state index >= 15 is 0 Å². The minimum absolute atomic E-state index is 0.0127. The van der Waals surface area contributed by atoms with Gasteiger partial charge in [-0.3, -0.25) is 4.79 Å². The van der Waals surface area contributed by atoms with Crippen molar-refractivity contribution in [2.45, 2.75) is 6.54 Å². The number of imidazole rings is 1. The van der Waals surface area contributed by atoms with Crippen LogP contribution in [0.1, 0.15) is 0 Å². The Labute approximate surface area is 144 Å². The molecule has 0 atom stereocenters. The summed E-state index contributed by atoms with van der Waals surface area (Å²) in [7, 11) is 0. The largest absolute Gasteiger partial charge is 0.368 e. The molecular formula is C14H9BrCl2N4O. The first kappa shape index (κ1) is 15.3. The van der Waals surface area contributed by atoms with Gasteiger partial charge in [0.25, 0.3) is 0 Å². The lowest BCUT2D eigenvalue weighted by atomic mass is 10.2. The summed E-state index contributed by atoms with van der Waals surface area (Å²) in [5.41, 5.74) is 7.34. The molecule has 8 heteroatoms. The van der Waals surface area contributed by atoms with Crippen LogP contribution >= 0.6 is 39.1 Å². The minimum atomic E-state index is -0.474. The third kappa shape index (κ3) is 2.82. The number of pyridine rings is 1. The molecule has 0 unspecified atom stereocenters. The predicted molar refractivity (Wildman–Crippen MR) is 89.9 cm³/mol. The molecule has 0 saturated carbocycles. The first-order chi connectivity index (χ1) is 10.5. The van der Waals surface area contributed by atoms with Gasteiger partial charge in [-0.2, -0.15) is 0 Å².